The Balaban J connectivity index is 1.27. The van der Waals surface area contributed by atoms with Gasteiger partial charge >= 0.3 is 0 Å². The Morgan fingerprint density at radius 2 is 1.55 bits per heavy atom. The first-order valence-corrected chi connectivity index (χ1v) is 13.7. The lowest BCUT2D eigenvalue weighted by Gasteiger charge is -2.22. The van der Waals surface area contributed by atoms with E-state index in [1.807, 2.05) is 97.9 Å². The second-order valence-electron chi connectivity index (χ2n) is 9.76. The number of aromatic nitrogens is 1. The number of nitrogens with zero attached hydrogens (tertiary/aromatic N) is 1. The fourth-order valence-electron chi connectivity index (χ4n) is 4.66. The molecule has 0 saturated carbocycles. The Hall–Kier alpha value is -5.21. The molecule has 0 saturated heterocycles. The van der Waals surface area contributed by atoms with E-state index in [0.717, 1.165) is 22.6 Å². The number of anilines is 1. The lowest BCUT2D eigenvalue weighted by atomic mass is 9.99. The van der Waals surface area contributed by atoms with Gasteiger partial charge in [0, 0.05) is 28.8 Å². The van der Waals surface area contributed by atoms with Crippen LogP contribution in [0.2, 0.25) is 0 Å². The van der Waals surface area contributed by atoms with Gasteiger partial charge in [0.15, 0.2) is 5.78 Å². The van der Waals surface area contributed by atoms with Crippen LogP contribution in [-0.4, -0.2) is 23.3 Å². The van der Waals surface area contributed by atoms with Gasteiger partial charge < -0.3 is 14.5 Å². The number of carbonyl (C=O) groups excluding carboxylic acids is 2. The van der Waals surface area contributed by atoms with Crippen molar-refractivity contribution in [3.8, 4) is 17.2 Å². The number of oxazole rings is 1. The number of para-hydroxylation sites is 1. The number of carbonyl (C=O) groups is 2. The summed E-state index contributed by atoms with van der Waals surface area (Å²) in [6.45, 7) is 2.33. The summed E-state index contributed by atoms with van der Waals surface area (Å²) in [6.07, 6.45) is 0.663. The monoisotopic (exact) mass is 560 g/mol. The number of benzene rings is 4. The van der Waals surface area contributed by atoms with Crippen LogP contribution in [0.1, 0.15) is 45.4 Å². The van der Waals surface area contributed by atoms with Gasteiger partial charge in [0.1, 0.15) is 11.5 Å². The average Bonchev–Trinajstić information content (AvgIpc) is 3.41. The molecule has 1 amide bonds. The molecule has 0 radical (unpaired) electrons. The number of nitrogens with two attached hydrogens (primary N) is 1. The summed E-state index contributed by atoms with van der Waals surface area (Å²) in [7, 11) is 0. The van der Waals surface area contributed by atoms with Crippen LogP contribution in [0.25, 0.3) is 11.5 Å². The van der Waals surface area contributed by atoms with Crippen LogP contribution in [-0.2, 0) is 11.2 Å². The number of hydrogen-bond donors (Lipinski definition) is 3. The van der Waals surface area contributed by atoms with Crippen molar-refractivity contribution in [3.63, 3.8) is 0 Å². The number of ketones is 1. The van der Waals surface area contributed by atoms with Crippen LogP contribution in [0.5, 0.6) is 5.75 Å². The van der Waals surface area contributed by atoms with E-state index in [9.17, 15) is 9.59 Å². The summed E-state index contributed by atoms with van der Waals surface area (Å²) in [5, 5.41) is 3.39. The molecule has 212 valence electrons. The van der Waals surface area contributed by atoms with E-state index in [0.29, 0.717) is 41.5 Å². The van der Waals surface area contributed by atoms with Crippen molar-refractivity contribution in [2.24, 2.45) is 5.84 Å². The molecule has 4 N–H and O–H groups in total. The quantitative estimate of drug-likeness (QED) is 0.0737. The number of hydrazine groups is 1. The molecule has 1 unspecified atom stereocenters. The minimum Gasteiger partial charge on any atom is -0.493 e. The third kappa shape index (κ3) is 6.92. The van der Waals surface area contributed by atoms with Crippen LogP contribution in [0.4, 0.5) is 5.69 Å². The molecule has 1 atom stereocenters. The highest BCUT2D eigenvalue weighted by atomic mass is 16.5. The normalized spacial score (nSPS) is 11.5. The second-order valence-corrected chi connectivity index (χ2v) is 9.76. The topological polar surface area (TPSA) is 119 Å². The SMILES string of the molecule is Cc1oc(-c2ccccc2)nc1CCOc1ccc(C(CC(=O)NN)Nc2ccccc2C(=O)c2ccccc2)cc1. The van der Waals surface area contributed by atoms with E-state index in [4.69, 9.17) is 15.0 Å². The van der Waals surface area contributed by atoms with Gasteiger partial charge in [-0.15, -0.1) is 0 Å². The Kier molecular flexibility index (Phi) is 9.06. The van der Waals surface area contributed by atoms with Gasteiger partial charge in [-0.2, -0.15) is 0 Å². The molecule has 0 bridgehead atoms. The van der Waals surface area contributed by atoms with Crippen LogP contribution in [0, 0.1) is 6.92 Å². The minimum atomic E-state index is -0.443. The van der Waals surface area contributed by atoms with Crippen molar-refractivity contribution in [3.05, 3.63) is 137 Å². The highest BCUT2D eigenvalue weighted by Gasteiger charge is 2.20. The van der Waals surface area contributed by atoms with Crippen LogP contribution >= 0.6 is 0 Å². The van der Waals surface area contributed by atoms with Gasteiger partial charge in [0.2, 0.25) is 11.8 Å². The van der Waals surface area contributed by atoms with Crippen molar-refractivity contribution in [2.45, 2.75) is 25.8 Å². The van der Waals surface area contributed by atoms with Gasteiger partial charge in [-0.3, -0.25) is 15.0 Å². The Morgan fingerprint density at radius 3 is 2.26 bits per heavy atom. The number of aryl methyl sites for hydroxylation is 1. The molecule has 0 aliphatic carbocycles. The Labute approximate surface area is 244 Å². The number of nitrogens with one attached hydrogen (secondary N) is 2. The number of hydrogen-bond acceptors (Lipinski definition) is 7. The van der Waals surface area contributed by atoms with Gasteiger partial charge in [-0.25, -0.2) is 10.8 Å². The second kappa shape index (κ2) is 13.4. The maximum Gasteiger partial charge on any atom is 0.236 e. The van der Waals surface area contributed by atoms with Crippen molar-refractivity contribution in [2.75, 3.05) is 11.9 Å². The Morgan fingerprint density at radius 1 is 0.881 bits per heavy atom. The molecule has 5 aromatic rings. The van der Waals surface area contributed by atoms with Crippen LogP contribution < -0.4 is 21.3 Å². The standard InChI is InChI=1S/C34H32N4O4/c1-23-29(37-34(42-23)26-12-6-3-7-13-26)20-21-41-27-18-16-24(17-19-27)31(22-32(39)38-35)36-30-15-9-8-14-28(30)33(40)25-10-4-2-5-11-25/h2-19,31,36H,20-22,35H2,1H3,(H,38,39). The predicted molar refractivity (Wildman–Crippen MR) is 162 cm³/mol. The first kappa shape index (κ1) is 28.3. The van der Waals surface area contributed by atoms with Gasteiger partial charge in [-0.1, -0.05) is 72.8 Å². The molecular weight excluding hydrogens is 528 g/mol. The fourth-order valence-corrected chi connectivity index (χ4v) is 4.66. The van der Waals surface area contributed by atoms with Crippen molar-refractivity contribution in [1.29, 1.82) is 0 Å². The maximum atomic E-state index is 13.2. The molecule has 1 aromatic heterocycles. The van der Waals surface area contributed by atoms with Crippen molar-refractivity contribution < 1.29 is 18.7 Å². The molecule has 0 aliphatic heterocycles. The summed E-state index contributed by atoms with van der Waals surface area (Å²) in [6, 6.07) is 33.2. The van der Waals surface area contributed by atoms with E-state index < -0.39 is 6.04 Å². The number of amides is 1. The van der Waals surface area contributed by atoms with E-state index in [1.54, 1.807) is 18.2 Å². The number of ether oxygens (including phenoxy) is 1. The van der Waals surface area contributed by atoms with E-state index in [2.05, 4.69) is 15.7 Å². The van der Waals surface area contributed by atoms with E-state index >= 15 is 0 Å². The molecule has 0 fully saturated rings. The van der Waals surface area contributed by atoms with Crippen LogP contribution in [0.15, 0.2) is 114 Å². The highest BCUT2D eigenvalue weighted by molar-refractivity contribution is 6.12. The van der Waals surface area contributed by atoms with E-state index in [-0.39, 0.29) is 18.1 Å². The molecule has 8 nitrogen and oxygen atoms in total. The minimum absolute atomic E-state index is 0.0692. The average molecular weight is 561 g/mol. The molecule has 42 heavy (non-hydrogen) atoms. The largest absolute Gasteiger partial charge is 0.493 e. The first-order chi connectivity index (χ1) is 20.5. The van der Waals surface area contributed by atoms with Crippen LogP contribution in [0.3, 0.4) is 0 Å². The third-order valence-corrected chi connectivity index (χ3v) is 6.89. The Bertz CT molecular complexity index is 1630. The molecule has 1 heterocycles. The van der Waals surface area contributed by atoms with E-state index in [1.165, 1.54) is 0 Å². The lowest BCUT2D eigenvalue weighted by Crippen LogP contribution is -2.32. The maximum absolute atomic E-state index is 13.2. The molecule has 8 heteroatoms. The smallest absolute Gasteiger partial charge is 0.236 e. The molecule has 4 aromatic carbocycles. The first-order valence-electron chi connectivity index (χ1n) is 13.7. The zero-order chi connectivity index (χ0) is 29.3. The molecule has 0 aliphatic rings. The molecular formula is C34H32N4O4. The summed E-state index contributed by atoms with van der Waals surface area (Å²) in [5.41, 5.74) is 6.55. The fraction of sp³-hybridized carbons (Fsp3) is 0.147. The van der Waals surface area contributed by atoms with Crippen molar-refractivity contribution >= 4 is 17.4 Å². The third-order valence-electron chi connectivity index (χ3n) is 6.89. The van der Waals surface area contributed by atoms with Gasteiger partial charge in [0.25, 0.3) is 0 Å². The predicted octanol–water partition coefficient (Wildman–Crippen LogP) is 6.04. The summed E-state index contributed by atoms with van der Waals surface area (Å²) in [4.78, 5) is 30.2. The molecule has 0 spiro atoms. The summed E-state index contributed by atoms with van der Waals surface area (Å²) in [5.74, 6) is 7.01. The zero-order valence-electron chi connectivity index (χ0n) is 23.2. The van der Waals surface area contributed by atoms with Crippen molar-refractivity contribution in [1.82, 2.24) is 10.4 Å². The van der Waals surface area contributed by atoms with Gasteiger partial charge in [0.05, 0.1) is 24.8 Å². The summed E-state index contributed by atoms with van der Waals surface area (Å²) >= 11 is 0. The lowest BCUT2D eigenvalue weighted by molar-refractivity contribution is -0.121. The molecule has 5 rings (SSSR count). The number of rotatable bonds is 12. The van der Waals surface area contributed by atoms with Gasteiger partial charge in [-0.05, 0) is 48.9 Å². The highest BCUT2D eigenvalue weighted by Crippen LogP contribution is 2.28. The summed E-state index contributed by atoms with van der Waals surface area (Å²) < 4.78 is 11.8. The zero-order valence-corrected chi connectivity index (χ0v) is 23.2.